The van der Waals surface area contributed by atoms with Gasteiger partial charge in [0, 0.05) is 0 Å². The van der Waals surface area contributed by atoms with Gasteiger partial charge in [-0.3, -0.25) is 0 Å². The first-order valence-corrected chi connectivity index (χ1v) is 3.60. The van der Waals surface area contributed by atoms with E-state index < -0.39 is 0 Å². The van der Waals surface area contributed by atoms with E-state index in [0.717, 1.165) is 5.56 Å². The predicted molar refractivity (Wildman–Crippen MR) is 45.2 cm³/mol. The van der Waals surface area contributed by atoms with Gasteiger partial charge in [0.1, 0.15) is 0 Å². The van der Waals surface area contributed by atoms with E-state index in [1.807, 2.05) is 30.3 Å². The molecule has 0 saturated heterocycles. The summed E-state index contributed by atoms with van der Waals surface area (Å²) in [7, 11) is 0. The number of hydrogen-bond donors (Lipinski definition) is 0. The maximum Gasteiger partial charge on any atom is 0.0763 e. The molecule has 1 aromatic rings. The molecule has 0 aliphatic rings. The molecule has 1 atom stereocenters. The minimum atomic E-state index is -0.0544. The molecule has 52 valence electrons. The monoisotopic (exact) mass is 152 g/mol. The van der Waals surface area contributed by atoms with Crippen molar-refractivity contribution in [3.63, 3.8) is 0 Å². The van der Waals surface area contributed by atoms with Gasteiger partial charge < -0.3 is 0 Å². The topological polar surface area (TPSA) is 0 Å². The van der Waals surface area contributed by atoms with Crippen LogP contribution in [0.1, 0.15) is 10.9 Å². The van der Waals surface area contributed by atoms with Gasteiger partial charge in [-0.2, -0.15) is 0 Å². The van der Waals surface area contributed by atoms with Gasteiger partial charge in [0.05, 0.1) is 5.38 Å². The highest BCUT2D eigenvalue weighted by Gasteiger charge is 1.98. The Bertz CT molecular complexity index is 203. The van der Waals surface area contributed by atoms with Crippen LogP contribution in [-0.2, 0) is 0 Å². The fraction of sp³-hybridized carbons (Fsp3) is 0.111. The lowest BCUT2D eigenvalue weighted by atomic mass is 10.1. The minimum absolute atomic E-state index is 0.0544. The second kappa shape index (κ2) is 3.43. The normalized spacial score (nSPS) is 12.5. The van der Waals surface area contributed by atoms with Crippen molar-refractivity contribution in [2.75, 3.05) is 0 Å². The van der Waals surface area contributed by atoms with E-state index in [1.54, 1.807) is 6.08 Å². The lowest BCUT2D eigenvalue weighted by Gasteiger charge is -2.01. The fourth-order valence-electron chi connectivity index (χ4n) is 0.773. The quantitative estimate of drug-likeness (QED) is 0.451. The standard InChI is InChI=1S/C9H9Cl/c1-2-9(10)8-6-4-3-5-7-8/h2-7,9H,1H2/t9-/m1/s1. The van der Waals surface area contributed by atoms with Crippen molar-refractivity contribution < 1.29 is 0 Å². The molecule has 1 aromatic carbocycles. The minimum Gasteiger partial charge on any atom is -0.113 e. The Kier molecular flexibility index (Phi) is 2.52. The van der Waals surface area contributed by atoms with Crippen LogP contribution in [0.3, 0.4) is 0 Å². The molecule has 0 unspecified atom stereocenters. The summed E-state index contributed by atoms with van der Waals surface area (Å²) in [4.78, 5) is 0. The van der Waals surface area contributed by atoms with Gasteiger partial charge in [0.25, 0.3) is 0 Å². The van der Waals surface area contributed by atoms with Crippen LogP contribution < -0.4 is 0 Å². The van der Waals surface area contributed by atoms with Crippen LogP contribution in [0.25, 0.3) is 0 Å². The van der Waals surface area contributed by atoms with E-state index in [2.05, 4.69) is 6.58 Å². The molecule has 0 nitrogen and oxygen atoms in total. The van der Waals surface area contributed by atoms with Crippen molar-refractivity contribution in [2.45, 2.75) is 5.38 Å². The van der Waals surface area contributed by atoms with Gasteiger partial charge in [0.2, 0.25) is 0 Å². The van der Waals surface area contributed by atoms with E-state index in [4.69, 9.17) is 11.6 Å². The SMILES string of the molecule is C=C[C@@H](Cl)c1ccccc1. The second-order valence-electron chi connectivity index (χ2n) is 2.05. The number of halogens is 1. The third kappa shape index (κ3) is 1.61. The molecule has 1 rings (SSSR count). The molecule has 10 heavy (non-hydrogen) atoms. The first kappa shape index (κ1) is 7.36. The van der Waals surface area contributed by atoms with Crippen LogP contribution >= 0.6 is 11.6 Å². The Morgan fingerprint density at radius 1 is 1.30 bits per heavy atom. The maximum atomic E-state index is 5.87. The molecule has 0 amide bonds. The highest BCUT2D eigenvalue weighted by Crippen LogP contribution is 2.19. The van der Waals surface area contributed by atoms with E-state index >= 15 is 0 Å². The summed E-state index contributed by atoms with van der Waals surface area (Å²) in [5, 5.41) is -0.0544. The molecule has 0 radical (unpaired) electrons. The average Bonchev–Trinajstić information content (AvgIpc) is 2.05. The summed E-state index contributed by atoms with van der Waals surface area (Å²) in [5.74, 6) is 0. The van der Waals surface area contributed by atoms with Crippen LogP contribution in [0, 0.1) is 0 Å². The van der Waals surface area contributed by atoms with E-state index in [0.29, 0.717) is 0 Å². The van der Waals surface area contributed by atoms with Crippen molar-refractivity contribution in [3.8, 4) is 0 Å². The Balaban J connectivity index is 2.84. The third-order valence-corrected chi connectivity index (χ3v) is 1.76. The smallest absolute Gasteiger partial charge is 0.0763 e. The molecule has 1 heteroatoms. The molecule has 0 aliphatic carbocycles. The Labute approximate surface area is 66.1 Å². The Hall–Kier alpha value is -0.750. The summed E-state index contributed by atoms with van der Waals surface area (Å²) in [6.45, 7) is 3.61. The number of rotatable bonds is 2. The van der Waals surface area contributed by atoms with Crippen molar-refractivity contribution >= 4 is 11.6 Å². The first-order chi connectivity index (χ1) is 4.84. The molecular weight excluding hydrogens is 144 g/mol. The highest BCUT2D eigenvalue weighted by atomic mass is 35.5. The molecule has 0 aliphatic heterocycles. The summed E-state index contributed by atoms with van der Waals surface area (Å²) in [6, 6.07) is 9.87. The molecule has 0 aromatic heterocycles. The second-order valence-corrected chi connectivity index (χ2v) is 2.52. The molecule has 0 heterocycles. The number of hydrogen-bond acceptors (Lipinski definition) is 0. The van der Waals surface area contributed by atoms with Gasteiger partial charge >= 0.3 is 0 Å². The zero-order chi connectivity index (χ0) is 7.40. The van der Waals surface area contributed by atoms with Crippen LogP contribution in [-0.4, -0.2) is 0 Å². The highest BCUT2D eigenvalue weighted by molar-refractivity contribution is 6.21. The van der Waals surface area contributed by atoms with Crippen LogP contribution in [0.2, 0.25) is 0 Å². The largest absolute Gasteiger partial charge is 0.113 e. The summed E-state index contributed by atoms with van der Waals surface area (Å²) < 4.78 is 0. The van der Waals surface area contributed by atoms with Crippen molar-refractivity contribution in [3.05, 3.63) is 48.6 Å². The summed E-state index contributed by atoms with van der Waals surface area (Å²) >= 11 is 5.87. The van der Waals surface area contributed by atoms with Gasteiger partial charge in [0.15, 0.2) is 0 Å². The van der Waals surface area contributed by atoms with Gasteiger partial charge in [-0.15, -0.1) is 18.2 Å². The molecule has 0 saturated carbocycles. The van der Waals surface area contributed by atoms with Gasteiger partial charge in [-0.05, 0) is 5.56 Å². The zero-order valence-corrected chi connectivity index (χ0v) is 6.38. The number of alkyl halides is 1. The Morgan fingerprint density at radius 2 is 1.90 bits per heavy atom. The van der Waals surface area contributed by atoms with Crippen LogP contribution in [0.5, 0.6) is 0 Å². The lowest BCUT2D eigenvalue weighted by Crippen LogP contribution is -1.82. The third-order valence-electron chi connectivity index (χ3n) is 1.32. The van der Waals surface area contributed by atoms with E-state index in [9.17, 15) is 0 Å². The number of benzene rings is 1. The predicted octanol–water partition coefficient (Wildman–Crippen LogP) is 3.15. The molecule has 0 fully saturated rings. The van der Waals surface area contributed by atoms with Gasteiger partial charge in [-0.25, -0.2) is 0 Å². The Morgan fingerprint density at radius 3 is 2.40 bits per heavy atom. The van der Waals surface area contributed by atoms with E-state index in [1.165, 1.54) is 0 Å². The summed E-state index contributed by atoms with van der Waals surface area (Å²) in [5.41, 5.74) is 1.10. The number of allylic oxidation sites excluding steroid dienone is 1. The molecule has 0 bridgehead atoms. The van der Waals surface area contributed by atoms with Crippen LogP contribution in [0.4, 0.5) is 0 Å². The zero-order valence-electron chi connectivity index (χ0n) is 5.63. The fourth-order valence-corrected chi connectivity index (χ4v) is 0.918. The average molecular weight is 153 g/mol. The van der Waals surface area contributed by atoms with Crippen LogP contribution in [0.15, 0.2) is 43.0 Å². The molecule has 0 spiro atoms. The maximum absolute atomic E-state index is 5.87. The van der Waals surface area contributed by atoms with Gasteiger partial charge in [-0.1, -0.05) is 36.4 Å². The van der Waals surface area contributed by atoms with E-state index in [-0.39, 0.29) is 5.38 Å². The van der Waals surface area contributed by atoms with Crippen molar-refractivity contribution in [1.29, 1.82) is 0 Å². The van der Waals surface area contributed by atoms with Crippen molar-refractivity contribution in [2.24, 2.45) is 0 Å². The lowest BCUT2D eigenvalue weighted by molar-refractivity contribution is 1.22. The summed E-state index contributed by atoms with van der Waals surface area (Å²) in [6.07, 6.45) is 1.72. The first-order valence-electron chi connectivity index (χ1n) is 3.16. The molecule has 0 N–H and O–H groups in total. The molecular formula is C9H9Cl. The van der Waals surface area contributed by atoms with Crippen molar-refractivity contribution in [1.82, 2.24) is 0 Å².